The monoisotopic (exact) mass is 336 g/mol. The Hall–Kier alpha value is -1.99. The van der Waals surface area contributed by atoms with Crippen molar-refractivity contribution >= 4 is 33.4 Å². The molecule has 0 aliphatic heterocycles. The van der Waals surface area contributed by atoms with Gasteiger partial charge >= 0.3 is 5.97 Å². The predicted octanol–water partition coefficient (Wildman–Crippen LogP) is 2.22. The summed E-state index contributed by atoms with van der Waals surface area (Å²) < 4.78 is 5.95. The van der Waals surface area contributed by atoms with E-state index in [1.165, 1.54) is 11.8 Å². The van der Waals surface area contributed by atoms with E-state index in [0.717, 1.165) is 23.4 Å². The Labute approximate surface area is 138 Å². The summed E-state index contributed by atoms with van der Waals surface area (Å²) in [5.74, 6) is -1.35. The highest BCUT2D eigenvalue weighted by molar-refractivity contribution is 7.18. The molecule has 0 saturated heterocycles. The van der Waals surface area contributed by atoms with Crippen molar-refractivity contribution in [3.05, 3.63) is 29.3 Å². The number of benzene rings is 1. The highest BCUT2D eigenvalue weighted by Gasteiger charge is 2.19. The van der Waals surface area contributed by atoms with Gasteiger partial charge < -0.3 is 15.2 Å². The van der Waals surface area contributed by atoms with Gasteiger partial charge in [0, 0.05) is 13.5 Å². The Kier molecular flexibility index (Phi) is 6.49. The number of nitrogens with one attached hydrogen (secondary N) is 1. The molecular weight excluding hydrogens is 316 g/mol. The molecule has 1 aromatic carbocycles. The van der Waals surface area contributed by atoms with Crippen LogP contribution in [0, 0.1) is 0 Å². The number of methoxy groups -OCH3 is 1. The van der Waals surface area contributed by atoms with Crippen LogP contribution in [0.25, 0.3) is 10.2 Å². The maximum atomic E-state index is 11.7. The molecule has 0 fully saturated rings. The van der Waals surface area contributed by atoms with E-state index < -0.39 is 12.0 Å². The number of thiazole rings is 1. The number of rotatable bonds is 9. The van der Waals surface area contributed by atoms with Gasteiger partial charge in [0.2, 0.25) is 5.91 Å². The van der Waals surface area contributed by atoms with Gasteiger partial charge in [0.15, 0.2) is 6.04 Å². The second-order valence-electron chi connectivity index (χ2n) is 5.20. The van der Waals surface area contributed by atoms with Gasteiger partial charge in [-0.25, -0.2) is 9.78 Å². The lowest BCUT2D eigenvalue weighted by molar-refractivity contribution is -0.143. The number of carboxylic acid groups (broad SMARTS) is 1. The van der Waals surface area contributed by atoms with Crippen LogP contribution in [0.2, 0.25) is 0 Å². The topological polar surface area (TPSA) is 88.5 Å². The van der Waals surface area contributed by atoms with E-state index >= 15 is 0 Å². The van der Waals surface area contributed by atoms with Crippen LogP contribution in [0.4, 0.5) is 0 Å². The van der Waals surface area contributed by atoms with Gasteiger partial charge in [-0.05, 0) is 31.4 Å². The van der Waals surface area contributed by atoms with E-state index in [4.69, 9.17) is 9.84 Å². The van der Waals surface area contributed by atoms with E-state index in [0.29, 0.717) is 12.8 Å². The first-order chi connectivity index (χ1) is 11.1. The summed E-state index contributed by atoms with van der Waals surface area (Å²) in [6.07, 6.45) is 2.67. The normalized spacial score (nSPS) is 12.2. The number of fused-ring (bicyclic) bond motifs is 1. The molecule has 1 amide bonds. The van der Waals surface area contributed by atoms with Crippen molar-refractivity contribution in [3.63, 3.8) is 0 Å². The zero-order valence-corrected chi connectivity index (χ0v) is 13.8. The van der Waals surface area contributed by atoms with Crippen LogP contribution in [-0.4, -0.2) is 41.7 Å². The summed E-state index contributed by atoms with van der Waals surface area (Å²) in [5, 5.41) is 12.5. The Morgan fingerprint density at radius 2 is 2.13 bits per heavy atom. The summed E-state index contributed by atoms with van der Waals surface area (Å²) in [6, 6.07) is 7.01. The highest BCUT2D eigenvalue weighted by Crippen LogP contribution is 2.22. The van der Waals surface area contributed by atoms with Crippen molar-refractivity contribution in [2.45, 2.75) is 31.7 Å². The van der Waals surface area contributed by atoms with E-state index in [1.807, 2.05) is 24.3 Å². The van der Waals surface area contributed by atoms with Crippen molar-refractivity contribution in [3.8, 4) is 0 Å². The number of aromatic nitrogens is 1. The summed E-state index contributed by atoms with van der Waals surface area (Å²) in [4.78, 5) is 27.2. The molecule has 0 saturated carbocycles. The van der Waals surface area contributed by atoms with Crippen LogP contribution < -0.4 is 5.32 Å². The molecule has 0 bridgehead atoms. The standard InChI is InChI=1S/C16H20N2O4S/c1-22-10-12(16(20)21)17-14(19)8-4-5-9-15-18-11-6-2-3-7-13(11)23-15/h2-3,6-7,12H,4-5,8-10H2,1H3,(H,17,19)(H,20,21). The molecule has 0 aliphatic rings. The Bertz CT molecular complexity index is 638. The van der Waals surface area contributed by atoms with E-state index in [-0.39, 0.29) is 12.5 Å². The molecule has 2 rings (SSSR count). The third-order valence-corrected chi connectivity index (χ3v) is 4.45. The van der Waals surface area contributed by atoms with E-state index in [1.54, 1.807) is 11.3 Å². The lowest BCUT2D eigenvalue weighted by Gasteiger charge is -2.13. The lowest BCUT2D eigenvalue weighted by atomic mass is 10.2. The number of nitrogens with zero attached hydrogens (tertiary/aromatic N) is 1. The van der Waals surface area contributed by atoms with E-state index in [2.05, 4.69) is 10.3 Å². The molecule has 6 nitrogen and oxygen atoms in total. The van der Waals surface area contributed by atoms with Gasteiger partial charge in [-0.3, -0.25) is 4.79 Å². The third-order valence-electron chi connectivity index (χ3n) is 3.35. The Morgan fingerprint density at radius 1 is 1.35 bits per heavy atom. The van der Waals surface area contributed by atoms with Gasteiger partial charge in [0.1, 0.15) is 0 Å². The van der Waals surface area contributed by atoms with Gasteiger partial charge in [0.05, 0.1) is 21.8 Å². The molecule has 1 unspecified atom stereocenters. The van der Waals surface area contributed by atoms with Crippen molar-refractivity contribution in [2.24, 2.45) is 0 Å². The molecule has 1 atom stereocenters. The fraction of sp³-hybridized carbons (Fsp3) is 0.438. The minimum absolute atomic E-state index is 0.0349. The number of hydrogen-bond acceptors (Lipinski definition) is 5. The number of carbonyl (C=O) groups excluding carboxylic acids is 1. The van der Waals surface area contributed by atoms with E-state index in [9.17, 15) is 9.59 Å². The molecule has 0 radical (unpaired) electrons. The minimum Gasteiger partial charge on any atom is -0.480 e. The zero-order valence-electron chi connectivity index (χ0n) is 12.9. The molecule has 124 valence electrons. The maximum Gasteiger partial charge on any atom is 0.328 e. The van der Waals surface area contributed by atoms with Crippen molar-refractivity contribution in [2.75, 3.05) is 13.7 Å². The van der Waals surface area contributed by atoms with Crippen molar-refractivity contribution < 1.29 is 19.4 Å². The first-order valence-corrected chi connectivity index (χ1v) is 8.27. The van der Waals surface area contributed by atoms with Crippen LogP contribution in [0.15, 0.2) is 24.3 Å². The quantitative estimate of drug-likeness (QED) is 0.686. The molecule has 0 spiro atoms. The first kappa shape index (κ1) is 17.4. The molecule has 23 heavy (non-hydrogen) atoms. The first-order valence-electron chi connectivity index (χ1n) is 7.45. The largest absolute Gasteiger partial charge is 0.480 e. The van der Waals surface area contributed by atoms with Crippen LogP contribution in [0.1, 0.15) is 24.3 Å². The number of unbranched alkanes of at least 4 members (excludes halogenated alkanes) is 1. The van der Waals surface area contributed by atoms with Gasteiger partial charge in [-0.2, -0.15) is 0 Å². The number of ether oxygens (including phenoxy) is 1. The fourth-order valence-electron chi connectivity index (χ4n) is 2.20. The number of carboxylic acids is 1. The molecular formula is C16H20N2O4S. The Morgan fingerprint density at radius 3 is 2.83 bits per heavy atom. The second-order valence-corrected chi connectivity index (χ2v) is 6.31. The Balaban J connectivity index is 1.72. The third kappa shape index (κ3) is 5.30. The smallest absolute Gasteiger partial charge is 0.328 e. The number of amides is 1. The number of aliphatic carboxylic acids is 1. The maximum absolute atomic E-state index is 11.7. The molecule has 7 heteroatoms. The van der Waals surface area contributed by atoms with Gasteiger partial charge in [0.25, 0.3) is 0 Å². The summed E-state index contributed by atoms with van der Waals surface area (Å²) in [6.45, 7) is -0.0349. The zero-order chi connectivity index (χ0) is 16.7. The molecule has 1 heterocycles. The highest BCUT2D eigenvalue weighted by atomic mass is 32.1. The van der Waals surface area contributed by atoms with Crippen LogP contribution in [0.5, 0.6) is 0 Å². The summed E-state index contributed by atoms with van der Waals surface area (Å²) in [5.41, 5.74) is 1.01. The predicted molar refractivity (Wildman–Crippen MR) is 88.6 cm³/mol. The second kappa shape index (κ2) is 8.59. The van der Waals surface area contributed by atoms with Gasteiger partial charge in [-0.15, -0.1) is 11.3 Å². The fourth-order valence-corrected chi connectivity index (χ4v) is 3.21. The molecule has 0 aliphatic carbocycles. The van der Waals surface area contributed by atoms with Crippen LogP contribution >= 0.6 is 11.3 Å². The summed E-state index contributed by atoms with van der Waals surface area (Å²) >= 11 is 1.67. The molecule has 1 aromatic heterocycles. The number of hydrogen-bond donors (Lipinski definition) is 2. The average molecular weight is 336 g/mol. The molecule has 2 aromatic rings. The molecule has 2 N–H and O–H groups in total. The average Bonchev–Trinajstić information content (AvgIpc) is 2.93. The number of para-hydroxylation sites is 1. The number of aryl methyl sites for hydroxylation is 1. The van der Waals surface area contributed by atoms with Crippen molar-refractivity contribution in [1.29, 1.82) is 0 Å². The number of carbonyl (C=O) groups is 2. The van der Waals surface area contributed by atoms with Crippen LogP contribution in [0.3, 0.4) is 0 Å². The van der Waals surface area contributed by atoms with Crippen molar-refractivity contribution in [1.82, 2.24) is 10.3 Å². The minimum atomic E-state index is -1.09. The lowest BCUT2D eigenvalue weighted by Crippen LogP contribution is -2.43. The van der Waals surface area contributed by atoms with Gasteiger partial charge in [-0.1, -0.05) is 12.1 Å². The van der Waals surface area contributed by atoms with Crippen LogP contribution in [-0.2, 0) is 20.7 Å². The SMILES string of the molecule is COCC(NC(=O)CCCCc1nc2ccccc2s1)C(=O)O. The summed E-state index contributed by atoms with van der Waals surface area (Å²) in [7, 11) is 1.40.